The zero-order chi connectivity index (χ0) is 25.7. The number of aryl methyl sites for hydroxylation is 1. The fraction of sp³-hybridized carbons (Fsp3) is 0.296. The minimum atomic E-state index is -4.01. The summed E-state index contributed by atoms with van der Waals surface area (Å²) in [6.07, 6.45) is 0. The Morgan fingerprint density at radius 3 is 2.33 bits per heavy atom. The van der Waals surface area contributed by atoms with Crippen molar-refractivity contribution in [3.05, 3.63) is 83.4 Å². The zero-order valence-electron chi connectivity index (χ0n) is 20.4. The quantitative estimate of drug-likeness (QED) is 0.428. The van der Waals surface area contributed by atoms with Crippen LogP contribution >= 0.6 is 11.6 Å². The maximum absolute atomic E-state index is 13.7. The standard InChI is InChI=1S/C27H30ClN3O4S/c1-3-35-26-12-8-7-11-24(26)31(36(33,34)23-9-5-4-6-10-23)20-27(32)30-17-15-29(16-18-30)25-19-22(28)14-13-21(25)2/h4-14,19H,3,15-18,20H2,1-2H3. The Bertz CT molecular complexity index is 1310. The van der Waals surface area contributed by atoms with Crippen molar-refractivity contribution in [2.75, 3.05) is 48.5 Å². The summed E-state index contributed by atoms with van der Waals surface area (Å²) in [6.45, 7) is 6.15. The van der Waals surface area contributed by atoms with E-state index in [0.717, 1.165) is 15.6 Å². The van der Waals surface area contributed by atoms with Crippen molar-refractivity contribution in [3.8, 4) is 5.75 Å². The van der Waals surface area contributed by atoms with E-state index in [1.54, 1.807) is 47.4 Å². The van der Waals surface area contributed by atoms with E-state index in [4.69, 9.17) is 16.3 Å². The van der Waals surface area contributed by atoms with Gasteiger partial charge in [-0.2, -0.15) is 0 Å². The van der Waals surface area contributed by atoms with Gasteiger partial charge in [0, 0.05) is 36.9 Å². The van der Waals surface area contributed by atoms with Crippen LogP contribution in [0, 0.1) is 6.92 Å². The SMILES string of the molecule is CCOc1ccccc1N(CC(=O)N1CCN(c2cc(Cl)ccc2C)CC1)S(=O)(=O)c1ccccc1. The number of ether oxygens (including phenoxy) is 1. The number of carbonyl (C=O) groups excluding carboxylic acids is 1. The first-order valence-electron chi connectivity index (χ1n) is 11.9. The van der Waals surface area contributed by atoms with Gasteiger partial charge in [0.2, 0.25) is 5.91 Å². The van der Waals surface area contributed by atoms with Crippen LogP contribution in [0.25, 0.3) is 0 Å². The molecule has 1 fully saturated rings. The van der Waals surface area contributed by atoms with E-state index < -0.39 is 10.0 Å². The molecule has 1 heterocycles. The predicted octanol–water partition coefficient (Wildman–Crippen LogP) is 4.59. The van der Waals surface area contributed by atoms with Crippen molar-refractivity contribution in [2.45, 2.75) is 18.7 Å². The second-order valence-electron chi connectivity index (χ2n) is 8.52. The molecule has 0 aromatic heterocycles. The first-order chi connectivity index (χ1) is 17.3. The van der Waals surface area contributed by atoms with Crippen LogP contribution in [0.3, 0.4) is 0 Å². The lowest BCUT2D eigenvalue weighted by atomic mass is 10.1. The predicted molar refractivity (Wildman–Crippen MR) is 144 cm³/mol. The topological polar surface area (TPSA) is 70.2 Å². The van der Waals surface area contributed by atoms with E-state index in [2.05, 4.69) is 4.90 Å². The second kappa shape index (κ2) is 11.2. The summed E-state index contributed by atoms with van der Waals surface area (Å²) in [6, 6.07) is 20.8. The Hall–Kier alpha value is -3.23. The summed E-state index contributed by atoms with van der Waals surface area (Å²) < 4.78 is 34.3. The molecule has 1 saturated heterocycles. The van der Waals surface area contributed by atoms with Gasteiger partial charge in [-0.25, -0.2) is 8.42 Å². The highest BCUT2D eigenvalue weighted by Gasteiger charge is 2.32. The van der Waals surface area contributed by atoms with Crippen molar-refractivity contribution < 1.29 is 17.9 Å². The summed E-state index contributed by atoms with van der Waals surface area (Å²) in [5.74, 6) is 0.150. The van der Waals surface area contributed by atoms with Gasteiger partial charge in [0.25, 0.3) is 10.0 Å². The van der Waals surface area contributed by atoms with Gasteiger partial charge in [-0.3, -0.25) is 9.10 Å². The van der Waals surface area contributed by atoms with E-state index in [-0.39, 0.29) is 17.3 Å². The van der Waals surface area contributed by atoms with Crippen LogP contribution in [0.2, 0.25) is 5.02 Å². The summed E-state index contributed by atoms with van der Waals surface area (Å²) in [4.78, 5) is 17.5. The van der Waals surface area contributed by atoms with Crippen LogP contribution in [0.4, 0.5) is 11.4 Å². The number of para-hydroxylation sites is 2. The molecule has 3 aromatic rings. The average Bonchev–Trinajstić information content (AvgIpc) is 2.90. The second-order valence-corrected chi connectivity index (χ2v) is 10.8. The minimum absolute atomic E-state index is 0.116. The number of hydrogen-bond donors (Lipinski definition) is 0. The zero-order valence-corrected chi connectivity index (χ0v) is 22.0. The highest BCUT2D eigenvalue weighted by atomic mass is 35.5. The number of nitrogens with zero attached hydrogens (tertiary/aromatic N) is 3. The smallest absolute Gasteiger partial charge is 0.264 e. The third-order valence-electron chi connectivity index (χ3n) is 6.19. The van der Waals surface area contributed by atoms with Crippen LogP contribution in [-0.2, 0) is 14.8 Å². The molecular formula is C27H30ClN3O4S. The Kier molecular flexibility index (Phi) is 8.06. The third kappa shape index (κ3) is 5.60. The first-order valence-corrected chi connectivity index (χ1v) is 13.7. The summed E-state index contributed by atoms with van der Waals surface area (Å²) in [5.41, 5.74) is 2.50. The molecule has 9 heteroatoms. The van der Waals surface area contributed by atoms with Gasteiger partial charge < -0.3 is 14.5 Å². The fourth-order valence-electron chi connectivity index (χ4n) is 4.30. The molecule has 0 saturated carbocycles. The first kappa shape index (κ1) is 25.9. The lowest BCUT2D eigenvalue weighted by Gasteiger charge is -2.37. The number of benzene rings is 3. The molecule has 3 aromatic carbocycles. The van der Waals surface area contributed by atoms with E-state index in [0.29, 0.717) is 49.2 Å². The van der Waals surface area contributed by atoms with Crippen molar-refractivity contribution in [1.29, 1.82) is 0 Å². The van der Waals surface area contributed by atoms with Crippen molar-refractivity contribution in [2.24, 2.45) is 0 Å². The van der Waals surface area contributed by atoms with Crippen LogP contribution in [0.1, 0.15) is 12.5 Å². The van der Waals surface area contributed by atoms with Gasteiger partial charge in [-0.05, 0) is 55.8 Å². The van der Waals surface area contributed by atoms with Gasteiger partial charge >= 0.3 is 0 Å². The van der Waals surface area contributed by atoms with Gasteiger partial charge in [-0.1, -0.05) is 48.0 Å². The number of piperazine rings is 1. The lowest BCUT2D eigenvalue weighted by molar-refractivity contribution is -0.129. The summed E-state index contributed by atoms with van der Waals surface area (Å²) >= 11 is 6.20. The molecule has 1 aliphatic heterocycles. The highest BCUT2D eigenvalue weighted by molar-refractivity contribution is 7.92. The monoisotopic (exact) mass is 527 g/mol. The van der Waals surface area contributed by atoms with Crippen molar-refractivity contribution in [1.82, 2.24) is 4.90 Å². The number of anilines is 2. The third-order valence-corrected chi connectivity index (χ3v) is 8.20. The molecule has 4 rings (SSSR count). The molecule has 0 bridgehead atoms. The summed E-state index contributed by atoms with van der Waals surface area (Å²) in [5, 5.41) is 0.670. The van der Waals surface area contributed by atoms with Gasteiger partial charge in [-0.15, -0.1) is 0 Å². The molecule has 1 aliphatic rings. The Morgan fingerprint density at radius 1 is 0.972 bits per heavy atom. The Balaban J connectivity index is 1.57. The molecule has 0 atom stereocenters. The largest absolute Gasteiger partial charge is 0.492 e. The molecule has 190 valence electrons. The number of hydrogen-bond acceptors (Lipinski definition) is 5. The van der Waals surface area contributed by atoms with Gasteiger partial charge in [0.05, 0.1) is 17.2 Å². The minimum Gasteiger partial charge on any atom is -0.492 e. The van der Waals surface area contributed by atoms with Crippen LogP contribution in [-0.4, -0.2) is 58.6 Å². The van der Waals surface area contributed by atoms with Crippen molar-refractivity contribution >= 4 is 38.9 Å². The van der Waals surface area contributed by atoms with E-state index in [1.807, 2.05) is 32.0 Å². The average molecular weight is 528 g/mol. The highest BCUT2D eigenvalue weighted by Crippen LogP contribution is 2.33. The molecule has 7 nitrogen and oxygen atoms in total. The molecule has 0 spiro atoms. The number of rotatable bonds is 8. The van der Waals surface area contributed by atoms with Gasteiger partial charge in [0.15, 0.2) is 0 Å². The number of sulfonamides is 1. The van der Waals surface area contributed by atoms with E-state index >= 15 is 0 Å². The van der Waals surface area contributed by atoms with E-state index in [1.165, 1.54) is 12.1 Å². The maximum atomic E-state index is 13.7. The molecular weight excluding hydrogens is 498 g/mol. The van der Waals surface area contributed by atoms with Crippen LogP contribution < -0.4 is 13.9 Å². The molecule has 0 aliphatic carbocycles. The maximum Gasteiger partial charge on any atom is 0.264 e. The lowest BCUT2D eigenvalue weighted by Crippen LogP contribution is -2.52. The molecule has 36 heavy (non-hydrogen) atoms. The molecule has 0 N–H and O–H groups in total. The number of halogens is 1. The number of amides is 1. The van der Waals surface area contributed by atoms with Crippen LogP contribution in [0.15, 0.2) is 77.7 Å². The Labute approximate surface area is 217 Å². The Morgan fingerprint density at radius 2 is 1.64 bits per heavy atom. The normalized spacial score (nSPS) is 14.0. The van der Waals surface area contributed by atoms with E-state index in [9.17, 15) is 13.2 Å². The fourth-order valence-corrected chi connectivity index (χ4v) is 5.92. The molecule has 0 unspecified atom stereocenters. The molecule has 1 amide bonds. The summed E-state index contributed by atoms with van der Waals surface area (Å²) in [7, 11) is -4.01. The number of carbonyl (C=O) groups is 1. The van der Waals surface area contributed by atoms with Crippen LogP contribution in [0.5, 0.6) is 5.75 Å². The van der Waals surface area contributed by atoms with Gasteiger partial charge in [0.1, 0.15) is 12.3 Å². The van der Waals surface area contributed by atoms with Crippen molar-refractivity contribution in [3.63, 3.8) is 0 Å². The molecule has 0 radical (unpaired) electrons.